The van der Waals surface area contributed by atoms with E-state index < -0.39 is 46.8 Å². The zero-order valence-corrected chi connectivity index (χ0v) is 17.3. The number of aliphatic hydroxyl groups is 2. The molecule has 162 valence electrons. The summed E-state index contributed by atoms with van der Waals surface area (Å²) < 4.78 is 6.12. The Hall–Kier alpha value is -3.88. The number of epoxide rings is 1. The molecule has 0 amide bonds. The number of carbonyl (C=O) groups is 2. The van der Waals surface area contributed by atoms with Gasteiger partial charge in [-0.1, -0.05) is 47.9 Å². The molecular formula is C26H17NO6. The number of aromatic hydroxyl groups is 1. The summed E-state index contributed by atoms with van der Waals surface area (Å²) in [6, 6.07) is 6.88. The molecule has 2 aromatic carbocycles. The van der Waals surface area contributed by atoms with Gasteiger partial charge in [-0.15, -0.1) is 0 Å². The molecule has 4 aliphatic rings. The first-order chi connectivity index (χ1) is 15.8. The van der Waals surface area contributed by atoms with Gasteiger partial charge in [0.15, 0.2) is 28.9 Å². The van der Waals surface area contributed by atoms with Gasteiger partial charge in [-0.25, -0.2) is 0 Å². The first-order valence-electron chi connectivity index (χ1n) is 10.4. The van der Waals surface area contributed by atoms with E-state index >= 15 is 0 Å². The minimum absolute atomic E-state index is 0.0117. The maximum Gasteiger partial charge on any atom is 0.198 e. The summed E-state index contributed by atoms with van der Waals surface area (Å²) in [6.07, 6.45) is 0.511. The number of hydrogen-bond donors (Lipinski definition) is 4. The number of allylic oxidation sites excluding steroid dienone is 2. The molecule has 2 heterocycles. The highest BCUT2D eigenvalue weighted by molar-refractivity contribution is 6.31. The van der Waals surface area contributed by atoms with Crippen LogP contribution in [0.2, 0.25) is 0 Å². The number of anilines is 1. The lowest BCUT2D eigenvalue weighted by atomic mass is 9.69. The quantitative estimate of drug-likeness (QED) is 0.256. The van der Waals surface area contributed by atoms with E-state index in [0.717, 1.165) is 0 Å². The molecule has 0 radical (unpaired) electrons. The van der Waals surface area contributed by atoms with Gasteiger partial charge < -0.3 is 25.4 Å². The van der Waals surface area contributed by atoms with Crippen molar-refractivity contribution in [1.29, 1.82) is 0 Å². The molecule has 4 N–H and O–H groups in total. The second-order valence-electron chi connectivity index (χ2n) is 8.47. The minimum atomic E-state index is -1.56. The largest absolute Gasteiger partial charge is 0.507 e. The fraction of sp³-hybridized carbons (Fsp3) is 0.231. The van der Waals surface area contributed by atoms with E-state index in [-0.39, 0.29) is 33.5 Å². The van der Waals surface area contributed by atoms with Crippen molar-refractivity contribution < 1.29 is 29.6 Å². The Balaban J connectivity index is 1.69. The normalized spacial score (nSPS) is 30.6. The van der Waals surface area contributed by atoms with E-state index in [1.54, 1.807) is 24.3 Å². The number of phenols is 1. The number of phenolic OH excluding ortho intramolecular Hbond substituents is 1. The van der Waals surface area contributed by atoms with Gasteiger partial charge in [0.05, 0.1) is 22.9 Å². The van der Waals surface area contributed by atoms with Crippen LogP contribution in [0.25, 0.3) is 0 Å². The van der Waals surface area contributed by atoms with Crippen LogP contribution in [0.15, 0.2) is 42.5 Å². The maximum absolute atomic E-state index is 13.6. The summed E-state index contributed by atoms with van der Waals surface area (Å²) in [7, 11) is 0. The van der Waals surface area contributed by atoms with E-state index in [9.17, 15) is 24.9 Å². The summed E-state index contributed by atoms with van der Waals surface area (Å²) in [4.78, 5) is 26.8. The van der Waals surface area contributed by atoms with Gasteiger partial charge in [0.2, 0.25) is 0 Å². The van der Waals surface area contributed by atoms with Crippen LogP contribution in [-0.2, 0) is 10.3 Å². The Labute approximate surface area is 188 Å². The molecule has 0 spiro atoms. The number of benzene rings is 2. The third-order valence-electron chi connectivity index (χ3n) is 6.87. The third kappa shape index (κ3) is 2.21. The van der Waals surface area contributed by atoms with E-state index in [0.29, 0.717) is 0 Å². The van der Waals surface area contributed by atoms with E-state index in [2.05, 4.69) is 29.0 Å². The number of fused-ring (bicyclic) bond motifs is 4. The molecule has 0 saturated carbocycles. The number of rotatable bonds is 1. The number of ketones is 2. The summed E-state index contributed by atoms with van der Waals surface area (Å²) >= 11 is 0. The van der Waals surface area contributed by atoms with Gasteiger partial charge in [0, 0.05) is 16.7 Å². The van der Waals surface area contributed by atoms with Crippen LogP contribution in [0.1, 0.15) is 44.3 Å². The lowest BCUT2D eigenvalue weighted by Crippen LogP contribution is -2.54. The number of nitrogens with one attached hydrogen (secondary N) is 1. The molecule has 1 saturated heterocycles. The minimum Gasteiger partial charge on any atom is -0.507 e. The van der Waals surface area contributed by atoms with E-state index in [1.807, 2.05) is 0 Å². The molecule has 2 bridgehead atoms. The number of ether oxygens (including phenoxy) is 1. The molecule has 6 rings (SSSR count). The lowest BCUT2D eigenvalue weighted by Gasteiger charge is -2.37. The fourth-order valence-electron chi connectivity index (χ4n) is 5.39. The van der Waals surface area contributed by atoms with Crippen LogP contribution in [0.4, 0.5) is 5.69 Å². The van der Waals surface area contributed by atoms with Crippen molar-refractivity contribution in [3.63, 3.8) is 0 Å². The SMILES string of the molecule is C[C@@H](O)[C@@]12O[C@]13c1cc(O)c4c(c1N[C@H]2C#CC=CC#C[C@H]3O)C(=O)c1ccccc1C4=O. The van der Waals surface area contributed by atoms with E-state index in [1.165, 1.54) is 25.1 Å². The Morgan fingerprint density at radius 2 is 1.70 bits per heavy atom. The Bertz CT molecular complexity index is 1450. The third-order valence-corrected chi connectivity index (χ3v) is 6.87. The molecule has 0 aromatic heterocycles. The topological polar surface area (TPSA) is 119 Å². The average molecular weight is 439 g/mol. The van der Waals surface area contributed by atoms with Crippen molar-refractivity contribution >= 4 is 17.3 Å². The first kappa shape index (κ1) is 19.8. The average Bonchev–Trinajstić information content (AvgIpc) is 3.53. The molecule has 7 nitrogen and oxygen atoms in total. The summed E-state index contributed by atoms with van der Waals surface area (Å²) in [6.45, 7) is 1.52. The van der Waals surface area contributed by atoms with Crippen LogP contribution >= 0.6 is 0 Å². The van der Waals surface area contributed by atoms with Gasteiger partial charge >= 0.3 is 0 Å². The Morgan fingerprint density at radius 3 is 2.36 bits per heavy atom. The van der Waals surface area contributed by atoms with Gasteiger partial charge in [-0.05, 0) is 25.1 Å². The highest BCUT2D eigenvalue weighted by Crippen LogP contribution is 2.67. The molecule has 7 heteroatoms. The summed E-state index contributed by atoms with van der Waals surface area (Å²) in [5.74, 6) is 9.90. The van der Waals surface area contributed by atoms with Gasteiger partial charge in [0.25, 0.3) is 0 Å². The van der Waals surface area contributed by atoms with Crippen LogP contribution in [-0.4, -0.2) is 50.7 Å². The molecule has 1 fully saturated rings. The van der Waals surface area contributed by atoms with Crippen LogP contribution in [0.5, 0.6) is 5.75 Å². The van der Waals surface area contributed by atoms with Crippen LogP contribution in [0, 0.1) is 23.7 Å². The smallest absolute Gasteiger partial charge is 0.198 e. The van der Waals surface area contributed by atoms with Crippen molar-refractivity contribution in [3.8, 4) is 29.4 Å². The maximum atomic E-state index is 13.6. The van der Waals surface area contributed by atoms with Crippen molar-refractivity contribution in [2.45, 2.75) is 36.4 Å². The van der Waals surface area contributed by atoms with Crippen molar-refractivity contribution in [2.24, 2.45) is 0 Å². The molecule has 2 aliphatic heterocycles. The monoisotopic (exact) mass is 439 g/mol. The fourth-order valence-corrected chi connectivity index (χ4v) is 5.39. The summed E-state index contributed by atoms with van der Waals surface area (Å²) in [5, 5.41) is 36.0. The lowest BCUT2D eigenvalue weighted by molar-refractivity contribution is 0.0867. The zero-order chi connectivity index (χ0) is 23.1. The second kappa shape index (κ2) is 6.34. The molecular weight excluding hydrogens is 422 g/mol. The summed E-state index contributed by atoms with van der Waals surface area (Å²) in [5.41, 5.74) is -2.18. The molecule has 33 heavy (non-hydrogen) atoms. The van der Waals surface area contributed by atoms with Crippen LogP contribution < -0.4 is 5.32 Å². The predicted octanol–water partition coefficient (Wildman–Crippen LogP) is 1.24. The first-order valence-corrected chi connectivity index (χ1v) is 10.4. The number of hydrogen-bond acceptors (Lipinski definition) is 7. The van der Waals surface area contributed by atoms with Crippen molar-refractivity contribution in [1.82, 2.24) is 0 Å². The van der Waals surface area contributed by atoms with Crippen molar-refractivity contribution in [3.05, 3.63) is 70.3 Å². The second-order valence-corrected chi connectivity index (χ2v) is 8.47. The van der Waals surface area contributed by atoms with E-state index in [4.69, 9.17) is 4.74 Å². The highest BCUT2D eigenvalue weighted by Gasteiger charge is 2.82. The molecule has 2 aromatic rings. The van der Waals surface area contributed by atoms with Crippen LogP contribution in [0.3, 0.4) is 0 Å². The predicted molar refractivity (Wildman–Crippen MR) is 117 cm³/mol. The van der Waals surface area contributed by atoms with Gasteiger partial charge in [-0.2, -0.15) is 0 Å². The van der Waals surface area contributed by atoms with Gasteiger partial charge in [0.1, 0.15) is 11.8 Å². The number of carbonyl (C=O) groups excluding carboxylic acids is 2. The molecule has 2 aliphatic carbocycles. The Kier molecular flexibility index (Phi) is 3.80. The van der Waals surface area contributed by atoms with Crippen molar-refractivity contribution in [2.75, 3.05) is 5.32 Å². The van der Waals surface area contributed by atoms with Gasteiger partial charge in [-0.3, -0.25) is 9.59 Å². The molecule has 0 unspecified atom stereocenters. The zero-order valence-electron chi connectivity index (χ0n) is 17.3. The Morgan fingerprint density at radius 1 is 1.06 bits per heavy atom. The standard InChI is InChI=1S/C26H17NO6/c1-13(28)25-18-10-4-2-3-5-11-19(30)26(25,33-25)16-12-17(29)20-21(22(16)27-18)24(32)15-9-7-6-8-14(15)23(20)31/h2-3,6-9,12-13,18-19,27-30H,1H3/t13-,18+,19-,25+,26+/m1/s1. The number of aliphatic hydroxyl groups excluding tert-OH is 2. The highest BCUT2D eigenvalue weighted by atomic mass is 16.7. The molecule has 5 atom stereocenters.